The van der Waals surface area contributed by atoms with Crippen LogP contribution >= 0.6 is 59.4 Å². The van der Waals surface area contributed by atoms with E-state index in [0.29, 0.717) is 10.0 Å². The molecule has 0 spiro atoms. The van der Waals surface area contributed by atoms with Gasteiger partial charge < -0.3 is 0 Å². The van der Waals surface area contributed by atoms with E-state index in [1.54, 1.807) is 12.1 Å². The van der Waals surface area contributed by atoms with Crippen molar-refractivity contribution in [3.8, 4) is 0 Å². The number of carbonyl (C=O) groups excluding carboxylic acids is 1. The highest BCUT2D eigenvalue weighted by Crippen LogP contribution is 2.34. The molecule has 0 aromatic heterocycles. The third-order valence-corrected chi connectivity index (χ3v) is 4.82. The second kappa shape index (κ2) is 4.22. The molecule has 0 saturated carbocycles. The van der Waals surface area contributed by atoms with Crippen molar-refractivity contribution in [3.05, 3.63) is 31.1 Å². The number of rotatable bonds is 1. The quantitative estimate of drug-likeness (QED) is 0.525. The maximum absolute atomic E-state index is 10.8. The SMILES string of the molecule is O=C(Cl)c1ccc(Br)c(Br)c1Br. The summed E-state index contributed by atoms with van der Waals surface area (Å²) in [6.45, 7) is 0. The number of carbonyl (C=O) groups is 1. The van der Waals surface area contributed by atoms with Crippen LogP contribution in [-0.2, 0) is 0 Å². The lowest BCUT2D eigenvalue weighted by Crippen LogP contribution is -1.91. The summed E-state index contributed by atoms with van der Waals surface area (Å²) >= 11 is 15.2. The van der Waals surface area contributed by atoms with Crippen molar-refractivity contribution in [2.45, 2.75) is 0 Å². The van der Waals surface area contributed by atoms with E-state index in [1.807, 2.05) is 0 Å². The minimum Gasteiger partial charge on any atom is -0.276 e. The lowest BCUT2D eigenvalue weighted by molar-refractivity contribution is 0.108. The van der Waals surface area contributed by atoms with Gasteiger partial charge in [-0.2, -0.15) is 0 Å². The highest BCUT2D eigenvalue weighted by Gasteiger charge is 2.11. The van der Waals surface area contributed by atoms with Gasteiger partial charge in [0.15, 0.2) is 0 Å². The van der Waals surface area contributed by atoms with Crippen LogP contribution in [0.15, 0.2) is 25.6 Å². The Morgan fingerprint density at radius 3 is 2.25 bits per heavy atom. The van der Waals surface area contributed by atoms with E-state index in [1.165, 1.54) is 0 Å². The van der Waals surface area contributed by atoms with E-state index in [0.717, 1.165) is 8.95 Å². The van der Waals surface area contributed by atoms with Crippen molar-refractivity contribution in [2.24, 2.45) is 0 Å². The highest BCUT2D eigenvalue weighted by molar-refractivity contribution is 9.14. The molecule has 0 amide bonds. The molecule has 0 aliphatic carbocycles. The van der Waals surface area contributed by atoms with Crippen LogP contribution in [-0.4, -0.2) is 5.24 Å². The second-order valence-corrected chi connectivity index (χ2v) is 4.78. The lowest BCUT2D eigenvalue weighted by Gasteiger charge is -2.02. The molecular formula is C7H2Br3ClO. The third-order valence-electron chi connectivity index (χ3n) is 1.25. The fourth-order valence-corrected chi connectivity index (χ4v) is 2.42. The Labute approximate surface area is 99.9 Å². The van der Waals surface area contributed by atoms with Gasteiger partial charge >= 0.3 is 0 Å². The number of hydrogen-bond donors (Lipinski definition) is 0. The molecule has 64 valence electrons. The minimum absolute atomic E-state index is 0.451. The maximum atomic E-state index is 10.8. The molecule has 0 radical (unpaired) electrons. The average Bonchev–Trinajstić information content (AvgIpc) is 2.00. The van der Waals surface area contributed by atoms with Crippen molar-refractivity contribution in [1.82, 2.24) is 0 Å². The standard InChI is InChI=1S/C7H2Br3ClO/c8-4-2-1-3(7(11)12)5(9)6(4)10/h1-2H. The van der Waals surface area contributed by atoms with Gasteiger partial charge in [0, 0.05) is 19.0 Å². The molecular weight excluding hydrogens is 375 g/mol. The zero-order valence-electron chi connectivity index (χ0n) is 5.57. The van der Waals surface area contributed by atoms with Crippen LogP contribution in [0.3, 0.4) is 0 Å². The summed E-state index contributed by atoms with van der Waals surface area (Å²) in [7, 11) is 0. The normalized spacial score (nSPS) is 10.0. The zero-order valence-corrected chi connectivity index (χ0v) is 11.1. The van der Waals surface area contributed by atoms with Gasteiger partial charge in [-0.05, 0) is 71.5 Å². The van der Waals surface area contributed by atoms with Crippen LogP contribution < -0.4 is 0 Å². The highest BCUT2D eigenvalue weighted by atomic mass is 79.9. The smallest absolute Gasteiger partial charge is 0.253 e. The fraction of sp³-hybridized carbons (Fsp3) is 0. The van der Waals surface area contributed by atoms with Gasteiger partial charge in [-0.15, -0.1) is 0 Å². The molecule has 0 unspecified atom stereocenters. The largest absolute Gasteiger partial charge is 0.276 e. The first-order valence-electron chi connectivity index (χ1n) is 2.87. The molecule has 0 N–H and O–H groups in total. The second-order valence-electron chi connectivity index (χ2n) is 2.00. The van der Waals surface area contributed by atoms with Crippen molar-refractivity contribution in [3.63, 3.8) is 0 Å². The van der Waals surface area contributed by atoms with Gasteiger partial charge in [-0.3, -0.25) is 4.79 Å². The van der Waals surface area contributed by atoms with Crippen molar-refractivity contribution in [2.75, 3.05) is 0 Å². The number of benzene rings is 1. The van der Waals surface area contributed by atoms with E-state index in [9.17, 15) is 4.79 Å². The molecule has 0 saturated heterocycles. The molecule has 0 aliphatic heterocycles. The summed E-state index contributed by atoms with van der Waals surface area (Å²) in [5, 5.41) is -0.477. The summed E-state index contributed by atoms with van der Waals surface area (Å²) < 4.78 is 2.32. The number of hydrogen-bond acceptors (Lipinski definition) is 1. The molecule has 1 aromatic carbocycles. The monoisotopic (exact) mass is 374 g/mol. The Kier molecular flexibility index (Phi) is 3.76. The van der Waals surface area contributed by atoms with E-state index in [2.05, 4.69) is 47.8 Å². The minimum atomic E-state index is -0.477. The predicted octanol–water partition coefficient (Wildman–Crippen LogP) is 4.35. The van der Waals surface area contributed by atoms with Gasteiger partial charge in [0.05, 0.1) is 0 Å². The molecule has 0 fully saturated rings. The van der Waals surface area contributed by atoms with Crippen LogP contribution in [0, 0.1) is 0 Å². The van der Waals surface area contributed by atoms with Crippen LogP contribution in [0.25, 0.3) is 0 Å². The Morgan fingerprint density at radius 1 is 1.17 bits per heavy atom. The third kappa shape index (κ3) is 2.10. The van der Waals surface area contributed by atoms with E-state index >= 15 is 0 Å². The van der Waals surface area contributed by atoms with E-state index in [4.69, 9.17) is 11.6 Å². The molecule has 12 heavy (non-hydrogen) atoms. The van der Waals surface area contributed by atoms with E-state index in [-0.39, 0.29) is 0 Å². The molecule has 1 aromatic rings. The summed E-state index contributed by atoms with van der Waals surface area (Å²) in [5.41, 5.74) is 0.451. The first-order chi connectivity index (χ1) is 5.54. The summed E-state index contributed by atoms with van der Waals surface area (Å²) in [4.78, 5) is 10.8. The lowest BCUT2D eigenvalue weighted by atomic mass is 10.2. The molecule has 5 heteroatoms. The van der Waals surface area contributed by atoms with Crippen molar-refractivity contribution >= 4 is 64.6 Å². The van der Waals surface area contributed by atoms with Gasteiger partial charge in [-0.25, -0.2) is 0 Å². The molecule has 0 heterocycles. The Morgan fingerprint density at radius 2 is 1.75 bits per heavy atom. The fourth-order valence-electron chi connectivity index (χ4n) is 0.678. The molecule has 1 nitrogen and oxygen atoms in total. The predicted molar refractivity (Wildman–Crippen MR) is 59.7 cm³/mol. The number of halogens is 4. The molecule has 0 aliphatic rings. The van der Waals surface area contributed by atoms with Crippen LogP contribution in [0.4, 0.5) is 0 Å². The Hall–Kier alpha value is 0.620. The van der Waals surface area contributed by atoms with Gasteiger partial charge in [-0.1, -0.05) is 0 Å². The first-order valence-corrected chi connectivity index (χ1v) is 5.63. The van der Waals surface area contributed by atoms with Crippen molar-refractivity contribution in [1.29, 1.82) is 0 Å². The Balaban J connectivity index is 3.36. The molecule has 1 rings (SSSR count). The molecule has 0 atom stereocenters. The van der Waals surface area contributed by atoms with Gasteiger partial charge in [0.2, 0.25) is 0 Å². The summed E-state index contributed by atoms with van der Waals surface area (Å²) in [6.07, 6.45) is 0. The van der Waals surface area contributed by atoms with Crippen molar-refractivity contribution < 1.29 is 4.79 Å². The van der Waals surface area contributed by atoms with Crippen LogP contribution in [0.2, 0.25) is 0 Å². The summed E-state index contributed by atoms with van der Waals surface area (Å²) in [6, 6.07) is 3.40. The van der Waals surface area contributed by atoms with Gasteiger partial charge in [0.25, 0.3) is 5.24 Å². The molecule has 0 bridgehead atoms. The van der Waals surface area contributed by atoms with Crippen LogP contribution in [0.1, 0.15) is 10.4 Å². The van der Waals surface area contributed by atoms with E-state index < -0.39 is 5.24 Å². The zero-order chi connectivity index (χ0) is 9.30. The Bertz CT molecular complexity index is 338. The van der Waals surface area contributed by atoms with Gasteiger partial charge in [0.1, 0.15) is 0 Å². The topological polar surface area (TPSA) is 17.1 Å². The average molecular weight is 377 g/mol. The van der Waals surface area contributed by atoms with Crippen LogP contribution in [0.5, 0.6) is 0 Å². The maximum Gasteiger partial charge on any atom is 0.253 e. The first kappa shape index (κ1) is 10.7. The summed E-state index contributed by atoms with van der Waals surface area (Å²) in [5.74, 6) is 0.